The minimum absolute atomic E-state index is 0.639. The molecule has 19 heavy (non-hydrogen) atoms. The molecule has 0 unspecified atom stereocenters. The highest BCUT2D eigenvalue weighted by molar-refractivity contribution is 5.85. The molecule has 1 aliphatic rings. The Morgan fingerprint density at radius 3 is 2.68 bits per heavy atom. The van der Waals surface area contributed by atoms with Crippen molar-refractivity contribution in [2.75, 3.05) is 23.7 Å². The lowest BCUT2D eigenvalue weighted by atomic mass is 10.1. The number of nitrogen functional groups attached to an aromatic ring is 1. The number of anilines is 2. The summed E-state index contributed by atoms with van der Waals surface area (Å²) in [4.78, 5) is 6.88. The van der Waals surface area contributed by atoms with Gasteiger partial charge in [0.25, 0.3) is 0 Å². The summed E-state index contributed by atoms with van der Waals surface area (Å²) in [5.41, 5.74) is 8.01. The highest BCUT2D eigenvalue weighted by Crippen LogP contribution is 2.26. The zero-order chi connectivity index (χ0) is 13.2. The van der Waals surface area contributed by atoms with Crippen LogP contribution in [0.5, 0.6) is 0 Å². The fourth-order valence-corrected chi connectivity index (χ4v) is 2.61. The molecule has 0 aliphatic carbocycles. The van der Waals surface area contributed by atoms with E-state index in [2.05, 4.69) is 16.0 Å². The lowest BCUT2D eigenvalue weighted by Crippen LogP contribution is -2.30. The third-order valence-corrected chi connectivity index (χ3v) is 3.59. The second-order valence-corrected chi connectivity index (χ2v) is 4.97. The summed E-state index contributed by atoms with van der Waals surface area (Å²) in [7, 11) is 0. The van der Waals surface area contributed by atoms with E-state index in [0.29, 0.717) is 11.3 Å². The summed E-state index contributed by atoms with van der Waals surface area (Å²) in [5.74, 6) is 0.819. The van der Waals surface area contributed by atoms with Crippen molar-refractivity contribution in [2.24, 2.45) is 0 Å². The zero-order valence-electron chi connectivity index (χ0n) is 10.8. The molecule has 2 aromatic rings. The van der Waals surface area contributed by atoms with Gasteiger partial charge in [0.1, 0.15) is 11.9 Å². The molecule has 1 aromatic heterocycles. The Morgan fingerprint density at radius 2 is 1.95 bits per heavy atom. The van der Waals surface area contributed by atoms with Gasteiger partial charge in [-0.25, -0.2) is 4.98 Å². The van der Waals surface area contributed by atoms with Crippen molar-refractivity contribution < 1.29 is 0 Å². The second kappa shape index (κ2) is 4.77. The van der Waals surface area contributed by atoms with Crippen molar-refractivity contribution in [1.29, 1.82) is 5.26 Å². The first-order chi connectivity index (χ1) is 9.28. The number of piperidine rings is 1. The standard InChI is InChI=1S/C15H16N4/c16-10-12-8-11-9-13(17)4-5-14(11)18-15(12)19-6-2-1-3-7-19/h4-5,8-9H,1-3,6-7,17H2. The molecule has 2 N–H and O–H groups in total. The monoisotopic (exact) mass is 252 g/mol. The molecule has 4 nitrogen and oxygen atoms in total. The molecule has 0 saturated carbocycles. The van der Waals surface area contributed by atoms with E-state index in [-0.39, 0.29) is 0 Å². The van der Waals surface area contributed by atoms with E-state index < -0.39 is 0 Å². The molecule has 0 spiro atoms. The van der Waals surface area contributed by atoms with Crippen LogP contribution in [0.25, 0.3) is 10.9 Å². The molecule has 0 amide bonds. The first-order valence-corrected chi connectivity index (χ1v) is 6.63. The van der Waals surface area contributed by atoms with Crippen molar-refractivity contribution in [3.05, 3.63) is 29.8 Å². The number of nitrogens with two attached hydrogens (primary N) is 1. The number of rotatable bonds is 1. The van der Waals surface area contributed by atoms with E-state index in [0.717, 1.165) is 29.8 Å². The van der Waals surface area contributed by atoms with Gasteiger partial charge in [0.2, 0.25) is 0 Å². The van der Waals surface area contributed by atoms with Crippen LogP contribution >= 0.6 is 0 Å². The lowest BCUT2D eigenvalue weighted by Gasteiger charge is -2.28. The number of hydrogen-bond donors (Lipinski definition) is 1. The molecule has 1 aliphatic heterocycles. The maximum atomic E-state index is 9.33. The van der Waals surface area contributed by atoms with Crippen molar-refractivity contribution in [1.82, 2.24) is 4.98 Å². The Morgan fingerprint density at radius 1 is 1.16 bits per heavy atom. The third kappa shape index (κ3) is 2.19. The van der Waals surface area contributed by atoms with Crippen LogP contribution in [0.1, 0.15) is 24.8 Å². The van der Waals surface area contributed by atoms with Crippen molar-refractivity contribution in [2.45, 2.75) is 19.3 Å². The van der Waals surface area contributed by atoms with Gasteiger partial charge in [-0.1, -0.05) is 0 Å². The fourth-order valence-electron chi connectivity index (χ4n) is 2.61. The van der Waals surface area contributed by atoms with Gasteiger partial charge in [0, 0.05) is 24.2 Å². The Balaban J connectivity index is 2.12. The summed E-state index contributed by atoms with van der Waals surface area (Å²) in [5, 5.41) is 10.3. The third-order valence-electron chi connectivity index (χ3n) is 3.59. The van der Waals surface area contributed by atoms with Gasteiger partial charge in [-0.05, 0) is 43.5 Å². The maximum absolute atomic E-state index is 9.33. The smallest absolute Gasteiger partial charge is 0.147 e. The average molecular weight is 252 g/mol. The van der Waals surface area contributed by atoms with Crippen molar-refractivity contribution >= 4 is 22.4 Å². The first-order valence-electron chi connectivity index (χ1n) is 6.63. The zero-order valence-corrected chi connectivity index (χ0v) is 10.8. The Hall–Kier alpha value is -2.28. The van der Waals surface area contributed by atoms with Crippen LogP contribution in [-0.4, -0.2) is 18.1 Å². The summed E-state index contributed by atoms with van der Waals surface area (Å²) in [6.07, 6.45) is 3.61. The number of pyridine rings is 1. The highest BCUT2D eigenvalue weighted by atomic mass is 15.2. The fraction of sp³-hybridized carbons (Fsp3) is 0.333. The van der Waals surface area contributed by atoms with Gasteiger partial charge in [-0.3, -0.25) is 0 Å². The van der Waals surface area contributed by atoms with Crippen LogP contribution in [-0.2, 0) is 0 Å². The molecule has 1 saturated heterocycles. The molecule has 4 heteroatoms. The Labute approximate surface area is 112 Å². The summed E-state index contributed by atoms with van der Waals surface area (Å²) in [6.45, 7) is 1.98. The number of aromatic nitrogens is 1. The van der Waals surface area contributed by atoms with Gasteiger partial charge < -0.3 is 10.6 Å². The van der Waals surface area contributed by atoms with E-state index >= 15 is 0 Å². The van der Waals surface area contributed by atoms with Crippen LogP contribution in [0, 0.1) is 11.3 Å². The van der Waals surface area contributed by atoms with Crippen LogP contribution < -0.4 is 10.6 Å². The van der Waals surface area contributed by atoms with E-state index in [1.165, 1.54) is 19.3 Å². The molecule has 2 heterocycles. The van der Waals surface area contributed by atoms with E-state index in [1.807, 2.05) is 24.3 Å². The predicted octanol–water partition coefficient (Wildman–Crippen LogP) is 2.68. The summed E-state index contributed by atoms with van der Waals surface area (Å²) < 4.78 is 0. The molecule has 96 valence electrons. The van der Waals surface area contributed by atoms with Crippen molar-refractivity contribution in [3.8, 4) is 6.07 Å². The quantitative estimate of drug-likeness (QED) is 0.792. The van der Waals surface area contributed by atoms with Crippen molar-refractivity contribution in [3.63, 3.8) is 0 Å². The predicted molar refractivity (Wildman–Crippen MR) is 76.9 cm³/mol. The van der Waals surface area contributed by atoms with Crippen LogP contribution in [0.4, 0.5) is 11.5 Å². The Bertz CT molecular complexity index is 651. The topological polar surface area (TPSA) is 65.9 Å². The van der Waals surface area contributed by atoms with Gasteiger partial charge in [-0.15, -0.1) is 0 Å². The van der Waals surface area contributed by atoms with Crippen LogP contribution in [0.2, 0.25) is 0 Å². The number of nitrogens with zero attached hydrogens (tertiary/aromatic N) is 3. The largest absolute Gasteiger partial charge is 0.399 e. The first kappa shape index (κ1) is 11.8. The number of benzene rings is 1. The summed E-state index contributed by atoms with van der Waals surface area (Å²) in [6, 6.07) is 9.78. The molecule has 1 fully saturated rings. The normalized spacial score (nSPS) is 15.4. The van der Waals surface area contributed by atoms with Crippen LogP contribution in [0.15, 0.2) is 24.3 Å². The molecule has 0 radical (unpaired) electrons. The molecule has 1 aromatic carbocycles. The molecular formula is C15H16N4. The van der Waals surface area contributed by atoms with E-state index in [4.69, 9.17) is 5.73 Å². The van der Waals surface area contributed by atoms with Gasteiger partial charge in [0.05, 0.1) is 11.1 Å². The Kier molecular flexibility index (Phi) is 2.96. The highest BCUT2D eigenvalue weighted by Gasteiger charge is 2.16. The van der Waals surface area contributed by atoms with Crippen LogP contribution in [0.3, 0.4) is 0 Å². The molecule has 3 rings (SSSR count). The van der Waals surface area contributed by atoms with E-state index in [9.17, 15) is 5.26 Å². The second-order valence-electron chi connectivity index (χ2n) is 4.97. The molecular weight excluding hydrogens is 236 g/mol. The molecule has 0 bridgehead atoms. The van der Waals surface area contributed by atoms with Gasteiger partial charge in [0.15, 0.2) is 0 Å². The van der Waals surface area contributed by atoms with Gasteiger partial charge in [-0.2, -0.15) is 5.26 Å². The SMILES string of the molecule is N#Cc1cc2cc(N)ccc2nc1N1CCCCC1. The number of hydrogen-bond acceptors (Lipinski definition) is 4. The minimum Gasteiger partial charge on any atom is -0.399 e. The molecule has 0 atom stereocenters. The number of fused-ring (bicyclic) bond motifs is 1. The maximum Gasteiger partial charge on any atom is 0.147 e. The number of nitriles is 1. The van der Waals surface area contributed by atoms with Gasteiger partial charge >= 0.3 is 0 Å². The minimum atomic E-state index is 0.639. The summed E-state index contributed by atoms with van der Waals surface area (Å²) >= 11 is 0. The lowest BCUT2D eigenvalue weighted by molar-refractivity contribution is 0.573. The van der Waals surface area contributed by atoms with E-state index in [1.54, 1.807) is 0 Å². The average Bonchev–Trinajstić information content (AvgIpc) is 2.46.